The number of amides is 2. The van der Waals surface area contributed by atoms with Gasteiger partial charge < -0.3 is 5.32 Å². The summed E-state index contributed by atoms with van der Waals surface area (Å²) in [4.78, 5) is 31.1. The third-order valence-electron chi connectivity index (χ3n) is 4.85. The van der Waals surface area contributed by atoms with Crippen LogP contribution in [0.1, 0.15) is 34.8 Å². The molecule has 2 aromatic heterocycles. The second-order valence-electron chi connectivity index (χ2n) is 6.89. The van der Waals surface area contributed by atoms with Crippen LogP contribution >= 0.6 is 0 Å². The SMILES string of the molecule is CN1C(=O)C(NC(=O)c2n[nH]c(Cc3ccc(F)cc3)n2)CCCn2nccc21. The minimum Gasteiger partial charge on any atom is -0.337 e. The van der Waals surface area contributed by atoms with Crippen LogP contribution < -0.4 is 10.2 Å². The van der Waals surface area contributed by atoms with Crippen molar-refractivity contribution in [3.05, 3.63) is 59.6 Å². The van der Waals surface area contributed by atoms with Crippen molar-refractivity contribution in [1.82, 2.24) is 30.3 Å². The lowest BCUT2D eigenvalue weighted by atomic mass is 10.1. The zero-order chi connectivity index (χ0) is 20.4. The maximum absolute atomic E-state index is 13.0. The molecule has 0 saturated carbocycles. The Morgan fingerprint density at radius 1 is 1.31 bits per heavy atom. The van der Waals surface area contributed by atoms with E-state index in [4.69, 9.17) is 0 Å². The molecule has 150 valence electrons. The summed E-state index contributed by atoms with van der Waals surface area (Å²) < 4.78 is 14.8. The van der Waals surface area contributed by atoms with E-state index in [9.17, 15) is 14.0 Å². The molecule has 3 heterocycles. The Bertz CT molecular complexity index is 1030. The Morgan fingerprint density at radius 2 is 2.10 bits per heavy atom. The summed E-state index contributed by atoms with van der Waals surface area (Å²) in [5, 5.41) is 13.6. The van der Waals surface area contributed by atoms with Crippen molar-refractivity contribution in [2.45, 2.75) is 31.8 Å². The van der Waals surface area contributed by atoms with E-state index in [1.807, 2.05) is 0 Å². The molecule has 29 heavy (non-hydrogen) atoms. The van der Waals surface area contributed by atoms with Crippen molar-refractivity contribution in [2.75, 3.05) is 11.9 Å². The number of likely N-dealkylation sites (N-methyl/N-ethyl adjacent to an activating group) is 1. The molecule has 9 nitrogen and oxygen atoms in total. The number of benzene rings is 1. The van der Waals surface area contributed by atoms with Gasteiger partial charge in [0.1, 0.15) is 23.5 Å². The number of carbonyl (C=O) groups is 2. The average molecular weight is 397 g/mol. The number of anilines is 1. The third-order valence-corrected chi connectivity index (χ3v) is 4.85. The summed E-state index contributed by atoms with van der Waals surface area (Å²) in [6, 6.07) is 7.11. The number of carbonyl (C=O) groups excluding carboxylic acids is 2. The van der Waals surface area contributed by atoms with E-state index >= 15 is 0 Å². The summed E-state index contributed by atoms with van der Waals surface area (Å²) in [5.41, 5.74) is 0.836. The summed E-state index contributed by atoms with van der Waals surface area (Å²) >= 11 is 0. The van der Waals surface area contributed by atoms with Gasteiger partial charge >= 0.3 is 0 Å². The molecule has 0 saturated heterocycles. The molecule has 0 aliphatic carbocycles. The van der Waals surface area contributed by atoms with Crippen LogP contribution in [0.4, 0.5) is 10.2 Å². The first-order chi connectivity index (χ1) is 14.0. The standard InChI is InChI=1S/C19H20FN7O2/c1-26-16-8-9-21-27(16)10-2-3-14(19(26)29)22-18(28)17-23-15(24-25-17)11-12-4-6-13(20)7-5-12/h4-9,14H,2-3,10-11H2,1H3,(H,22,28)(H,23,24,25). The Kier molecular flexibility index (Phi) is 5.07. The molecule has 1 unspecified atom stereocenters. The molecule has 0 radical (unpaired) electrons. The molecule has 2 amide bonds. The van der Waals surface area contributed by atoms with Crippen LogP contribution in [0.15, 0.2) is 36.5 Å². The third kappa shape index (κ3) is 4.00. The number of rotatable bonds is 4. The van der Waals surface area contributed by atoms with E-state index < -0.39 is 11.9 Å². The van der Waals surface area contributed by atoms with E-state index in [1.54, 1.807) is 36.1 Å². The summed E-state index contributed by atoms with van der Waals surface area (Å²) in [6.45, 7) is 0.662. The number of aromatic nitrogens is 5. The van der Waals surface area contributed by atoms with Crippen LogP contribution in [-0.2, 0) is 17.8 Å². The first-order valence-electron chi connectivity index (χ1n) is 9.27. The van der Waals surface area contributed by atoms with E-state index in [2.05, 4.69) is 25.6 Å². The molecule has 0 fully saturated rings. The lowest BCUT2D eigenvalue weighted by molar-refractivity contribution is -0.120. The smallest absolute Gasteiger partial charge is 0.291 e. The van der Waals surface area contributed by atoms with E-state index in [1.165, 1.54) is 17.0 Å². The van der Waals surface area contributed by atoms with Crippen molar-refractivity contribution in [1.29, 1.82) is 0 Å². The molecule has 3 aromatic rings. The van der Waals surface area contributed by atoms with Crippen LogP contribution in [0, 0.1) is 5.82 Å². The molecule has 1 atom stereocenters. The average Bonchev–Trinajstić information content (AvgIpc) is 3.36. The lowest BCUT2D eigenvalue weighted by Gasteiger charge is -2.27. The zero-order valence-electron chi connectivity index (χ0n) is 15.8. The molecule has 1 aliphatic heterocycles. The fourth-order valence-electron chi connectivity index (χ4n) is 3.33. The van der Waals surface area contributed by atoms with Gasteiger partial charge in [0, 0.05) is 26.1 Å². The fourth-order valence-corrected chi connectivity index (χ4v) is 3.33. The largest absolute Gasteiger partial charge is 0.337 e. The maximum atomic E-state index is 13.0. The molecule has 1 aromatic carbocycles. The number of nitrogens with one attached hydrogen (secondary N) is 2. The van der Waals surface area contributed by atoms with Crippen LogP contribution in [0.25, 0.3) is 0 Å². The predicted octanol–water partition coefficient (Wildman–Crippen LogP) is 1.29. The van der Waals surface area contributed by atoms with Gasteiger partial charge in [0.2, 0.25) is 11.7 Å². The maximum Gasteiger partial charge on any atom is 0.291 e. The van der Waals surface area contributed by atoms with Gasteiger partial charge in [0.25, 0.3) is 5.91 Å². The number of halogens is 1. The second kappa shape index (κ2) is 7.82. The van der Waals surface area contributed by atoms with Gasteiger partial charge in [-0.1, -0.05) is 12.1 Å². The summed E-state index contributed by atoms with van der Waals surface area (Å²) in [7, 11) is 1.66. The minimum atomic E-state index is -0.671. The first-order valence-corrected chi connectivity index (χ1v) is 9.27. The van der Waals surface area contributed by atoms with E-state index in [-0.39, 0.29) is 17.5 Å². The number of aromatic amines is 1. The normalized spacial score (nSPS) is 16.8. The quantitative estimate of drug-likeness (QED) is 0.690. The number of hydrogen-bond acceptors (Lipinski definition) is 5. The van der Waals surface area contributed by atoms with E-state index in [0.29, 0.717) is 37.4 Å². The van der Waals surface area contributed by atoms with Gasteiger partial charge in [-0.25, -0.2) is 14.1 Å². The van der Waals surface area contributed by atoms with Gasteiger partial charge in [-0.3, -0.25) is 19.6 Å². The number of fused-ring (bicyclic) bond motifs is 1. The van der Waals surface area contributed by atoms with E-state index in [0.717, 1.165) is 5.56 Å². The molecule has 4 rings (SSSR count). The summed E-state index contributed by atoms with van der Waals surface area (Å²) in [5.74, 6) is 0.0717. The van der Waals surface area contributed by atoms with Crippen molar-refractivity contribution < 1.29 is 14.0 Å². The molecule has 0 bridgehead atoms. The van der Waals surface area contributed by atoms with Crippen LogP contribution in [-0.4, -0.2) is 49.9 Å². The molecule has 2 N–H and O–H groups in total. The molecule has 10 heteroatoms. The van der Waals surface area contributed by atoms with Gasteiger partial charge in [-0.05, 0) is 30.5 Å². The predicted molar refractivity (Wildman–Crippen MR) is 102 cm³/mol. The first kappa shape index (κ1) is 18.8. The highest BCUT2D eigenvalue weighted by molar-refractivity contribution is 6.00. The van der Waals surface area contributed by atoms with Crippen LogP contribution in [0.2, 0.25) is 0 Å². The molecule has 1 aliphatic rings. The number of hydrogen-bond donors (Lipinski definition) is 2. The fraction of sp³-hybridized carbons (Fsp3) is 0.316. The Labute approximate surface area is 165 Å². The monoisotopic (exact) mass is 397 g/mol. The Morgan fingerprint density at radius 3 is 2.90 bits per heavy atom. The van der Waals surface area contributed by atoms with Crippen LogP contribution in [0.5, 0.6) is 0 Å². The number of aryl methyl sites for hydroxylation is 1. The lowest BCUT2D eigenvalue weighted by Crippen LogP contribution is -2.49. The highest BCUT2D eigenvalue weighted by Gasteiger charge is 2.29. The molecule has 0 spiro atoms. The van der Waals surface area contributed by atoms with Crippen molar-refractivity contribution >= 4 is 17.6 Å². The summed E-state index contributed by atoms with van der Waals surface area (Å²) in [6.07, 6.45) is 3.22. The van der Waals surface area contributed by atoms with Gasteiger partial charge in [0.05, 0.1) is 6.20 Å². The number of H-pyrrole nitrogens is 1. The molecular formula is C19H20FN7O2. The number of nitrogens with zero attached hydrogens (tertiary/aromatic N) is 5. The van der Waals surface area contributed by atoms with Gasteiger partial charge in [-0.15, -0.1) is 5.10 Å². The second-order valence-corrected chi connectivity index (χ2v) is 6.89. The Balaban J connectivity index is 1.43. The topological polar surface area (TPSA) is 109 Å². The highest BCUT2D eigenvalue weighted by Crippen LogP contribution is 2.18. The van der Waals surface area contributed by atoms with Gasteiger partial charge in [0.15, 0.2) is 0 Å². The van der Waals surface area contributed by atoms with Crippen molar-refractivity contribution in [2.24, 2.45) is 0 Å². The highest BCUT2D eigenvalue weighted by atomic mass is 19.1. The molecular weight excluding hydrogens is 377 g/mol. The Hall–Kier alpha value is -3.56. The van der Waals surface area contributed by atoms with Crippen molar-refractivity contribution in [3.8, 4) is 0 Å². The zero-order valence-corrected chi connectivity index (χ0v) is 15.8. The van der Waals surface area contributed by atoms with Gasteiger partial charge in [-0.2, -0.15) is 5.10 Å². The minimum absolute atomic E-state index is 0.0373. The van der Waals surface area contributed by atoms with Crippen LogP contribution in [0.3, 0.4) is 0 Å². The van der Waals surface area contributed by atoms with Crippen molar-refractivity contribution in [3.63, 3.8) is 0 Å².